The van der Waals surface area contributed by atoms with Crippen LogP contribution in [0.15, 0.2) is 30.6 Å². The van der Waals surface area contributed by atoms with E-state index >= 15 is 0 Å². The van der Waals surface area contributed by atoms with Crippen LogP contribution in [0.1, 0.15) is 31.0 Å². The van der Waals surface area contributed by atoms with Gasteiger partial charge in [0.15, 0.2) is 11.6 Å². The zero-order chi connectivity index (χ0) is 14.8. The normalized spacial score (nSPS) is 14.2. The number of nitrogens with zero attached hydrogens (tertiary/aromatic N) is 3. The first kappa shape index (κ1) is 13.8. The van der Waals surface area contributed by atoms with Gasteiger partial charge < -0.3 is 10.6 Å². The second-order valence-electron chi connectivity index (χ2n) is 5.42. The lowest BCUT2D eigenvalue weighted by atomic mass is 10.2. The van der Waals surface area contributed by atoms with Crippen LogP contribution in [0, 0.1) is 5.82 Å². The lowest BCUT2D eigenvalue weighted by Gasteiger charge is -2.24. The Bertz CT molecular complexity index is 640. The minimum absolute atomic E-state index is 0.296. The van der Waals surface area contributed by atoms with Crippen molar-refractivity contribution in [1.82, 2.24) is 9.97 Å². The highest BCUT2D eigenvalue weighted by atomic mass is 19.1. The Labute approximate surface area is 123 Å². The molecule has 1 aliphatic carbocycles. The van der Waals surface area contributed by atoms with E-state index in [-0.39, 0.29) is 5.82 Å². The molecule has 0 saturated heterocycles. The number of hydrogen-bond acceptors (Lipinski definition) is 4. The standard InChI is InChI=1S/C16H19FN4/c1-2-14-15(17)16(20-10-19-14)21(13-6-7-13)9-11-4-3-5-12(18)8-11/h3-5,8,10,13H,2,6-7,9,18H2,1H3. The largest absolute Gasteiger partial charge is 0.399 e. The molecule has 2 N–H and O–H groups in total. The van der Waals surface area contributed by atoms with Gasteiger partial charge in [-0.15, -0.1) is 0 Å². The molecule has 1 aliphatic rings. The molecule has 0 aliphatic heterocycles. The predicted octanol–water partition coefficient (Wildman–Crippen LogP) is 2.93. The summed E-state index contributed by atoms with van der Waals surface area (Å²) in [4.78, 5) is 10.2. The summed E-state index contributed by atoms with van der Waals surface area (Å²) in [6.07, 6.45) is 4.17. The van der Waals surface area contributed by atoms with E-state index < -0.39 is 0 Å². The molecular weight excluding hydrogens is 267 g/mol. The fourth-order valence-electron chi connectivity index (χ4n) is 2.49. The number of aryl methyl sites for hydroxylation is 1. The summed E-state index contributed by atoms with van der Waals surface area (Å²) in [6.45, 7) is 2.52. The maximum Gasteiger partial charge on any atom is 0.187 e. The van der Waals surface area contributed by atoms with Crippen molar-refractivity contribution in [3.63, 3.8) is 0 Å². The number of halogens is 1. The molecule has 1 saturated carbocycles. The van der Waals surface area contributed by atoms with Gasteiger partial charge in [-0.1, -0.05) is 19.1 Å². The Morgan fingerprint density at radius 1 is 1.33 bits per heavy atom. The summed E-state index contributed by atoms with van der Waals surface area (Å²) >= 11 is 0. The Morgan fingerprint density at radius 2 is 2.14 bits per heavy atom. The van der Waals surface area contributed by atoms with Gasteiger partial charge in [-0.2, -0.15) is 0 Å². The van der Waals surface area contributed by atoms with E-state index in [2.05, 4.69) is 9.97 Å². The quantitative estimate of drug-likeness (QED) is 0.859. The van der Waals surface area contributed by atoms with Crippen molar-refractivity contribution in [1.29, 1.82) is 0 Å². The third-order valence-corrected chi connectivity index (χ3v) is 3.74. The van der Waals surface area contributed by atoms with Gasteiger partial charge in [0, 0.05) is 18.3 Å². The fraction of sp³-hybridized carbons (Fsp3) is 0.375. The third kappa shape index (κ3) is 2.96. The van der Waals surface area contributed by atoms with E-state index in [0.29, 0.717) is 30.5 Å². The molecule has 1 fully saturated rings. The number of nitrogen functional groups attached to an aromatic ring is 1. The molecule has 0 atom stereocenters. The van der Waals surface area contributed by atoms with Gasteiger partial charge >= 0.3 is 0 Å². The average Bonchev–Trinajstić information content (AvgIpc) is 3.30. The summed E-state index contributed by atoms with van der Waals surface area (Å²) in [5.41, 5.74) is 8.08. The van der Waals surface area contributed by atoms with Crippen LogP contribution in [0.4, 0.5) is 15.9 Å². The third-order valence-electron chi connectivity index (χ3n) is 3.74. The fourth-order valence-corrected chi connectivity index (χ4v) is 2.49. The van der Waals surface area contributed by atoms with Crippen LogP contribution in [0.5, 0.6) is 0 Å². The Balaban J connectivity index is 1.92. The molecule has 4 nitrogen and oxygen atoms in total. The SMILES string of the molecule is CCc1ncnc(N(Cc2cccc(N)c2)C2CC2)c1F. The van der Waals surface area contributed by atoms with Crippen LogP contribution in [0.3, 0.4) is 0 Å². The van der Waals surface area contributed by atoms with Gasteiger partial charge in [-0.3, -0.25) is 0 Å². The summed E-state index contributed by atoms with van der Waals surface area (Å²) in [5.74, 6) is 0.113. The molecule has 1 aromatic carbocycles. The lowest BCUT2D eigenvalue weighted by Crippen LogP contribution is -2.27. The van der Waals surface area contributed by atoms with Gasteiger partial charge in [0.05, 0.1) is 5.69 Å². The molecule has 3 rings (SSSR count). The second kappa shape index (κ2) is 5.68. The summed E-state index contributed by atoms with van der Waals surface area (Å²) in [7, 11) is 0. The molecule has 0 bridgehead atoms. The zero-order valence-electron chi connectivity index (χ0n) is 12.1. The highest BCUT2D eigenvalue weighted by Gasteiger charge is 2.32. The number of hydrogen-bond donors (Lipinski definition) is 1. The maximum absolute atomic E-state index is 14.5. The van der Waals surface area contributed by atoms with Crippen LogP contribution in [0.25, 0.3) is 0 Å². The van der Waals surface area contributed by atoms with Crippen molar-refractivity contribution < 1.29 is 4.39 Å². The molecule has 5 heteroatoms. The van der Waals surface area contributed by atoms with Gasteiger partial charge in [0.2, 0.25) is 0 Å². The second-order valence-corrected chi connectivity index (χ2v) is 5.42. The van der Waals surface area contributed by atoms with Gasteiger partial charge in [0.25, 0.3) is 0 Å². The van der Waals surface area contributed by atoms with Gasteiger partial charge in [-0.25, -0.2) is 14.4 Å². The first-order chi connectivity index (χ1) is 10.2. The van der Waals surface area contributed by atoms with Crippen LogP contribution in [-0.4, -0.2) is 16.0 Å². The van der Waals surface area contributed by atoms with Crippen molar-refractivity contribution >= 4 is 11.5 Å². The molecule has 0 unspecified atom stereocenters. The summed E-state index contributed by atoms with van der Waals surface area (Å²) in [5, 5.41) is 0. The minimum Gasteiger partial charge on any atom is -0.399 e. The molecule has 2 aromatic rings. The highest BCUT2D eigenvalue weighted by Crippen LogP contribution is 2.33. The molecule has 0 radical (unpaired) electrons. The summed E-state index contributed by atoms with van der Waals surface area (Å²) < 4.78 is 14.5. The molecule has 1 aromatic heterocycles. The summed E-state index contributed by atoms with van der Waals surface area (Å²) in [6, 6.07) is 8.07. The van der Waals surface area contributed by atoms with Crippen LogP contribution in [-0.2, 0) is 13.0 Å². The highest BCUT2D eigenvalue weighted by molar-refractivity contribution is 5.47. The Hall–Kier alpha value is -2.17. The van der Waals surface area contributed by atoms with Gasteiger partial charge in [-0.05, 0) is 37.0 Å². The number of anilines is 2. The van der Waals surface area contributed by atoms with E-state index in [1.165, 1.54) is 6.33 Å². The smallest absolute Gasteiger partial charge is 0.187 e. The van der Waals surface area contributed by atoms with Crippen LogP contribution >= 0.6 is 0 Å². The van der Waals surface area contributed by atoms with Crippen molar-refractivity contribution in [3.05, 3.63) is 47.7 Å². The van der Waals surface area contributed by atoms with Gasteiger partial charge in [0.1, 0.15) is 6.33 Å². The first-order valence-electron chi connectivity index (χ1n) is 7.29. The lowest BCUT2D eigenvalue weighted by molar-refractivity contribution is 0.580. The Morgan fingerprint density at radius 3 is 2.81 bits per heavy atom. The molecule has 21 heavy (non-hydrogen) atoms. The van der Waals surface area contributed by atoms with E-state index in [0.717, 1.165) is 24.1 Å². The molecule has 1 heterocycles. The zero-order valence-corrected chi connectivity index (χ0v) is 12.1. The predicted molar refractivity (Wildman–Crippen MR) is 81.4 cm³/mol. The maximum atomic E-state index is 14.5. The van der Waals surface area contributed by atoms with E-state index in [9.17, 15) is 4.39 Å². The monoisotopic (exact) mass is 286 g/mol. The molecular formula is C16H19FN4. The van der Waals surface area contributed by atoms with Crippen LogP contribution < -0.4 is 10.6 Å². The van der Waals surface area contributed by atoms with Crippen molar-refractivity contribution in [2.45, 2.75) is 38.8 Å². The van der Waals surface area contributed by atoms with E-state index in [4.69, 9.17) is 5.73 Å². The van der Waals surface area contributed by atoms with E-state index in [1.807, 2.05) is 36.1 Å². The molecule has 0 spiro atoms. The number of benzene rings is 1. The minimum atomic E-state index is -0.296. The number of nitrogens with two attached hydrogens (primary N) is 1. The van der Waals surface area contributed by atoms with E-state index in [1.54, 1.807) is 0 Å². The topological polar surface area (TPSA) is 55.0 Å². The molecule has 0 amide bonds. The van der Waals surface area contributed by atoms with Crippen molar-refractivity contribution in [2.75, 3.05) is 10.6 Å². The average molecular weight is 286 g/mol. The van der Waals surface area contributed by atoms with Crippen molar-refractivity contribution in [3.8, 4) is 0 Å². The Kier molecular flexibility index (Phi) is 3.73. The molecule has 110 valence electrons. The number of rotatable bonds is 5. The van der Waals surface area contributed by atoms with Crippen molar-refractivity contribution in [2.24, 2.45) is 0 Å². The number of aromatic nitrogens is 2. The van der Waals surface area contributed by atoms with Crippen LogP contribution in [0.2, 0.25) is 0 Å². The first-order valence-corrected chi connectivity index (χ1v) is 7.29.